The number of hydrogen-bond donors (Lipinski definition) is 1. The van der Waals surface area contributed by atoms with Gasteiger partial charge < -0.3 is 10.5 Å². The summed E-state index contributed by atoms with van der Waals surface area (Å²) in [6, 6.07) is 1.84. The van der Waals surface area contributed by atoms with Crippen molar-refractivity contribution in [2.45, 2.75) is 37.4 Å². The molecule has 0 spiro atoms. The number of nitrogens with zero attached hydrogens (tertiary/aromatic N) is 2. The summed E-state index contributed by atoms with van der Waals surface area (Å²) in [5, 5.41) is 0.653. The van der Waals surface area contributed by atoms with E-state index in [1.54, 1.807) is 13.1 Å². The average molecular weight is 281 g/mol. The van der Waals surface area contributed by atoms with E-state index in [0.29, 0.717) is 17.5 Å². The number of aromatic nitrogens is 2. The van der Waals surface area contributed by atoms with Crippen LogP contribution < -0.4 is 5.73 Å². The molecule has 19 heavy (non-hydrogen) atoms. The number of ether oxygens (including phenoxy) is 1. The van der Waals surface area contributed by atoms with Gasteiger partial charge >= 0.3 is 5.97 Å². The van der Waals surface area contributed by atoms with Gasteiger partial charge in [-0.05, 0) is 38.7 Å². The van der Waals surface area contributed by atoms with Crippen LogP contribution in [0.2, 0.25) is 0 Å². The molecule has 0 saturated heterocycles. The van der Waals surface area contributed by atoms with Crippen molar-refractivity contribution in [1.29, 1.82) is 0 Å². The lowest BCUT2D eigenvalue weighted by Crippen LogP contribution is -2.53. The molecule has 1 aliphatic rings. The third-order valence-corrected chi connectivity index (χ3v) is 4.25. The number of nitrogens with two attached hydrogens (primary N) is 1. The van der Waals surface area contributed by atoms with Crippen molar-refractivity contribution in [2.24, 2.45) is 11.7 Å². The summed E-state index contributed by atoms with van der Waals surface area (Å²) in [4.78, 5) is 20.5. The zero-order valence-corrected chi connectivity index (χ0v) is 12.1. The quantitative estimate of drug-likeness (QED) is 0.484. The van der Waals surface area contributed by atoms with Gasteiger partial charge in [0.1, 0.15) is 5.54 Å². The highest BCUT2D eigenvalue weighted by Gasteiger charge is 2.49. The number of carbonyl (C=O) groups is 1. The lowest BCUT2D eigenvalue weighted by atomic mass is 9.97. The van der Waals surface area contributed by atoms with Crippen LogP contribution in [0.1, 0.15) is 25.5 Å². The maximum absolute atomic E-state index is 12.0. The van der Waals surface area contributed by atoms with E-state index in [9.17, 15) is 4.79 Å². The van der Waals surface area contributed by atoms with Crippen molar-refractivity contribution >= 4 is 17.7 Å². The van der Waals surface area contributed by atoms with Crippen LogP contribution in [0.15, 0.2) is 17.4 Å². The molecule has 0 radical (unpaired) electrons. The molecule has 1 heterocycles. The van der Waals surface area contributed by atoms with Crippen LogP contribution in [0.3, 0.4) is 0 Å². The van der Waals surface area contributed by atoms with E-state index < -0.39 is 5.54 Å². The zero-order chi connectivity index (χ0) is 13.9. The van der Waals surface area contributed by atoms with E-state index in [1.807, 2.05) is 13.0 Å². The Bertz CT molecular complexity index is 465. The molecule has 1 unspecified atom stereocenters. The van der Waals surface area contributed by atoms with Gasteiger partial charge in [-0.2, -0.15) is 0 Å². The Hall–Kier alpha value is -1.14. The molecule has 104 valence electrons. The third kappa shape index (κ3) is 3.45. The summed E-state index contributed by atoms with van der Waals surface area (Å²) in [5.41, 5.74) is 6.26. The largest absolute Gasteiger partial charge is 0.465 e. The number of carbonyl (C=O) groups excluding carboxylic acids is 1. The van der Waals surface area contributed by atoms with Crippen LogP contribution in [-0.4, -0.2) is 33.8 Å². The fraction of sp³-hybridized carbons (Fsp3) is 0.615. The van der Waals surface area contributed by atoms with E-state index in [4.69, 9.17) is 10.5 Å². The molecular formula is C13H19N3O2S. The Morgan fingerprint density at radius 1 is 1.63 bits per heavy atom. The van der Waals surface area contributed by atoms with Gasteiger partial charge in [-0.1, -0.05) is 11.8 Å². The maximum atomic E-state index is 12.0. The summed E-state index contributed by atoms with van der Waals surface area (Å²) >= 11 is 1.42. The molecule has 1 aromatic heterocycles. The molecule has 1 fully saturated rings. The van der Waals surface area contributed by atoms with E-state index in [0.717, 1.165) is 18.5 Å². The fourth-order valence-electron chi connectivity index (χ4n) is 1.89. The predicted molar refractivity (Wildman–Crippen MR) is 73.8 cm³/mol. The van der Waals surface area contributed by atoms with Crippen LogP contribution in [-0.2, 0) is 9.53 Å². The highest BCUT2D eigenvalue weighted by atomic mass is 32.2. The van der Waals surface area contributed by atoms with Gasteiger partial charge in [-0.3, -0.25) is 4.79 Å². The number of rotatable bonds is 6. The minimum atomic E-state index is -0.909. The zero-order valence-electron chi connectivity index (χ0n) is 11.3. The first-order valence-corrected chi connectivity index (χ1v) is 7.43. The SMILES string of the molecule is CCOC(=O)C(N)(CSc1nccc(C)n1)C1CC1. The van der Waals surface area contributed by atoms with Gasteiger partial charge in [0, 0.05) is 17.6 Å². The molecule has 0 bridgehead atoms. The summed E-state index contributed by atoms with van der Waals surface area (Å²) < 4.78 is 5.10. The van der Waals surface area contributed by atoms with E-state index in [-0.39, 0.29) is 11.9 Å². The lowest BCUT2D eigenvalue weighted by molar-refractivity contribution is -0.149. The minimum absolute atomic E-state index is 0.226. The van der Waals surface area contributed by atoms with Crippen LogP contribution in [0.4, 0.5) is 0 Å². The predicted octanol–water partition coefficient (Wildman–Crippen LogP) is 1.55. The average Bonchev–Trinajstić information content (AvgIpc) is 3.21. The molecule has 5 nitrogen and oxygen atoms in total. The summed E-state index contributed by atoms with van der Waals surface area (Å²) in [6.07, 6.45) is 3.69. The Balaban J connectivity index is 2.03. The first kappa shape index (κ1) is 14.3. The maximum Gasteiger partial charge on any atom is 0.327 e. The van der Waals surface area contributed by atoms with Gasteiger partial charge in [0.05, 0.1) is 6.61 Å². The molecule has 1 aromatic rings. The normalized spacial score (nSPS) is 17.8. The Morgan fingerprint density at radius 3 is 2.95 bits per heavy atom. The summed E-state index contributed by atoms with van der Waals surface area (Å²) in [6.45, 7) is 4.06. The monoisotopic (exact) mass is 281 g/mol. The molecule has 2 N–H and O–H groups in total. The summed E-state index contributed by atoms with van der Waals surface area (Å²) in [7, 11) is 0. The molecule has 2 rings (SSSR count). The second-order valence-corrected chi connectivity index (χ2v) is 5.75. The first-order valence-electron chi connectivity index (χ1n) is 6.45. The van der Waals surface area contributed by atoms with Gasteiger partial charge in [0.2, 0.25) is 0 Å². The van der Waals surface area contributed by atoms with Crippen LogP contribution in [0, 0.1) is 12.8 Å². The van der Waals surface area contributed by atoms with Crippen molar-refractivity contribution < 1.29 is 9.53 Å². The molecule has 1 atom stereocenters. The second kappa shape index (κ2) is 5.88. The fourth-order valence-corrected chi connectivity index (χ4v) is 2.95. The Morgan fingerprint density at radius 2 is 2.37 bits per heavy atom. The molecule has 6 heteroatoms. The molecule has 0 aliphatic heterocycles. The summed E-state index contributed by atoms with van der Waals surface area (Å²) in [5.74, 6) is 0.376. The lowest BCUT2D eigenvalue weighted by Gasteiger charge is -2.26. The van der Waals surface area contributed by atoms with Gasteiger partial charge in [-0.15, -0.1) is 0 Å². The standard InChI is InChI=1S/C13H19N3O2S/c1-3-18-11(17)13(14,10-4-5-10)8-19-12-15-7-6-9(2)16-12/h6-7,10H,3-5,8,14H2,1-2H3. The molecule has 1 saturated carbocycles. The van der Waals surface area contributed by atoms with Crippen molar-refractivity contribution in [1.82, 2.24) is 9.97 Å². The van der Waals surface area contributed by atoms with Gasteiger partial charge in [0.25, 0.3) is 0 Å². The smallest absolute Gasteiger partial charge is 0.327 e. The van der Waals surface area contributed by atoms with Crippen molar-refractivity contribution in [3.05, 3.63) is 18.0 Å². The van der Waals surface area contributed by atoms with E-state index in [1.165, 1.54) is 11.8 Å². The van der Waals surface area contributed by atoms with Crippen molar-refractivity contribution in [3.8, 4) is 0 Å². The van der Waals surface area contributed by atoms with E-state index in [2.05, 4.69) is 9.97 Å². The third-order valence-electron chi connectivity index (χ3n) is 3.17. The highest BCUT2D eigenvalue weighted by molar-refractivity contribution is 7.99. The topological polar surface area (TPSA) is 78.1 Å². The van der Waals surface area contributed by atoms with Crippen molar-refractivity contribution in [3.63, 3.8) is 0 Å². The van der Waals surface area contributed by atoms with E-state index >= 15 is 0 Å². The Kier molecular flexibility index (Phi) is 4.42. The minimum Gasteiger partial charge on any atom is -0.465 e. The second-order valence-electron chi connectivity index (χ2n) is 4.80. The van der Waals surface area contributed by atoms with Crippen LogP contribution >= 0.6 is 11.8 Å². The Labute approximate surface area is 117 Å². The van der Waals surface area contributed by atoms with Gasteiger partial charge in [0.15, 0.2) is 5.16 Å². The van der Waals surface area contributed by atoms with Crippen LogP contribution in [0.5, 0.6) is 0 Å². The van der Waals surface area contributed by atoms with Crippen molar-refractivity contribution in [2.75, 3.05) is 12.4 Å². The molecular weight excluding hydrogens is 262 g/mol. The number of aryl methyl sites for hydroxylation is 1. The molecule has 1 aliphatic carbocycles. The van der Waals surface area contributed by atoms with Crippen LogP contribution in [0.25, 0.3) is 0 Å². The first-order chi connectivity index (χ1) is 9.06. The highest BCUT2D eigenvalue weighted by Crippen LogP contribution is 2.41. The molecule has 0 amide bonds. The number of hydrogen-bond acceptors (Lipinski definition) is 6. The van der Waals surface area contributed by atoms with Gasteiger partial charge in [-0.25, -0.2) is 9.97 Å². The number of thioether (sulfide) groups is 1. The molecule has 0 aromatic carbocycles. The number of esters is 1.